The first kappa shape index (κ1) is 19.6. The molecule has 2 rings (SSSR count). The van der Waals surface area contributed by atoms with Crippen LogP contribution in [-0.4, -0.2) is 43.1 Å². The predicted octanol–water partition coefficient (Wildman–Crippen LogP) is 2.73. The number of aryl methyl sites for hydroxylation is 1. The van der Waals surface area contributed by atoms with Crippen LogP contribution in [0.15, 0.2) is 24.4 Å². The fourth-order valence-corrected chi connectivity index (χ4v) is 2.16. The van der Waals surface area contributed by atoms with Crippen molar-refractivity contribution in [1.82, 2.24) is 9.78 Å². The molecule has 1 heterocycles. The largest absolute Gasteiger partial charge is 0.493 e. The summed E-state index contributed by atoms with van der Waals surface area (Å²) >= 11 is 0. The number of carbonyl (C=O) groups is 1. The summed E-state index contributed by atoms with van der Waals surface area (Å²) in [5.41, 5.74) is -1.57. The van der Waals surface area contributed by atoms with E-state index in [4.69, 9.17) is 14.2 Å². The van der Waals surface area contributed by atoms with E-state index in [1.165, 1.54) is 39.5 Å². The van der Waals surface area contributed by atoms with Gasteiger partial charge in [0.1, 0.15) is 6.61 Å². The van der Waals surface area contributed by atoms with E-state index in [0.29, 0.717) is 18.1 Å². The number of hydrogen-bond donors (Lipinski definition) is 1. The van der Waals surface area contributed by atoms with E-state index >= 15 is 0 Å². The van der Waals surface area contributed by atoms with Crippen LogP contribution in [0.2, 0.25) is 0 Å². The minimum absolute atomic E-state index is 0.241. The third-order valence-corrected chi connectivity index (χ3v) is 3.31. The number of amides is 1. The number of nitrogens with one attached hydrogen (secondary N) is 1. The van der Waals surface area contributed by atoms with Gasteiger partial charge in [-0.25, -0.2) is 0 Å². The molecule has 142 valence electrons. The molecule has 0 fully saturated rings. The van der Waals surface area contributed by atoms with E-state index in [-0.39, 0.29) is 12.3 Å². The Morgan fingerprint density at radius 3 is 2.58 bits per heavy atom. The Labute approximate surface area is 147 Å². The molecule has 2 aromatic rings. The Morgan fingerprint density at radius 2 is 1.96 bits per heavy atom. The van der Waals surface area contributed by atoms with Gasteiger partial charge in [-0.2, -0.15) is 18.3 Å². The van der Waals surface area contributed by atoms with Gasteiger partial charge in [-0.3, -0.25) is 9.48 Å². The van der Waals surface area contributed by atoms with Crippen molar-refractivity contribution in [3.05, 3.63) is 35.7 Å². The quantitative estimate of drug-likeness (QED) is 0.756. The molecule has 0 aliphatic heterocycles. The number of alkyl halides is 3. The van der Waals surface area contributed by atoms with Crippen LogP contribution in [0.5, 0.6) is 11.5 Å². The number of methoxy groups -OCH3 is 2. The highest BCUT2D eigenvalue weighted by atomic mass is 19.4. The second kappa shape index (κ2) is 8.09. The van der Waals surface area contributed by atoms with Crippen molar-refractivity contribution in [2.45, 2.75) is 6.18 Å². The Kier molecular flexibility index (Phi) is 6.09. The topological polar surface area (TPSA) is 74.6 Å². The molecule has 26 heavy (non-hydrogen) atoms. The average molecular weight is 373 g/mol. The second-order valence-corrected chi connectivity index (χ2v) is 5.22. The third-order valence-electron chi connectivity index (χ3n) is 3.31. The van der Waals surface area contributed by atoms with Crippen molar-refractivity contribution < 1.29 is 32.2 Å². The number of anilines is 1. The van der Waals surface area contributed by atoms with Gasteiger partial charge in [0.15, 0.2) is 17.2 Å². The molecule has 0 aliphatic carbocycles. The van der Waals surface area contributed by atoms with Crippen LogP contribution in [-0.2, 0) is 18.0 Å². The zero-order valence-corrected chi connectivity index (χ0v) is 14.4. The lowest BCUT2D eigenvalue weighted by atomic mass is 10.2. The number of benzene rings is 1. The number of carbonyl (C=O) groups excluding carboxylic acids is 1. The minimum atomic E-state index is -4.73. The fourth-order valence-electron chi connectivity index (χ4n) is 2.16. The van der Waals surface area contributed by atoms with Crippen LogP contribution >= 0.6 is 0 Å². The SMILES string of the molecule is COCCOc1cc(NC(=O)c2cn(C)nc2C(F)(F)F)ccc1OC. The molecule has 1 aromatic heterocycles. The maximum atomic E-state index is 13.0. The van der Waals surface area contributed by atoms with Gasteiger partial charge in [-0.15, -0.1) is 0 Å². The maximum Gasteiger partial charge on any atom is 0.435 e. The summed E-state index contributed by atoms with van der Waals surface area (Å²) < 4.78 is 55.4. The zero-order valence-electron chi connectivity index (χ0n) is 14.4. The number of ether oxygens (including phenoxy) is 3. The van der Waals surface area contributed by atoms with E-state index in [9.17, 15) is 18.0 Å². The number of aromatic nitrogens is 2. The van der Waals surface area contributed by atoms with Gasteiger partial charge >= 0.3 is 6.18 Å². The van der Waals surface area contributed by atoms with Gasteiger partial charge in [0.2, 0.25) is 0 Å². The van der Waals surface area contributed by atoms with Crippen molar-refractivity contribution in [3.8, 4) is 11.5 Å². The zero-order chi connectivity index (χ0) is 19.3. The van der Waals surface area contributed by atoms with Gasteiger partial charge in [-0.1, -0.05) is 0 Å². The van der Waals surface area contributed by atoms with E-state index < -0.39 is 23.3 Å². The molecule has 0 unspecified atom stereocenters. The van der Waals surface area contributed by atoms with Crippen LogP contribution in [0.3, 0.4) is 0 Å². The molecule has 10 heteroatoms. The predicted molar refractivity (Wildman–Crippen MR) is 86.5 cm³/mol. The summed E-state index contributed by atoms with van der Waals surface area (Å²) in [6.07, 6.45) is -3.72. The summed E-state index contributed by atoms with van der Waals surface area (Å²) in [6, 6.07) is 4.48. The van der Waals surface area contributed by atoms with Crippen molar-refractivity contribution >= 4 is 11.6 Å². The monoisotopic (exact) mass is 373 g/mol. The number of nitrogens with zero attached hydrogens (tertiary/aromatic N) is 2. The first-order valence-corrected chi connectivity index (χ1v) is 7.48. The molecule has 0 aliphatic rings. The van der Waals surface area contributed by atoms with Crippen LogP contribution in [0.25, 0.3) is 0 Å². The molecular formula is C16H18F3N3O4. The Bertz CT molecular complexity index is 775. The molecule has 1 aromatic carbocycles. The van der Waals surface area contributed by atoms with Crippen LogP contribution in [0.4, 0.5) is 18.9 Å². The third kappa shape index (κ3) is 4.66. The summed E-state index contributed by atoms with van der Waals surface area (Å²) in [5, 5.41) is 5.72. The van der Waals surface area contributed by atoms with E-state index in [1.54, 1.807) is 0 Å². The lowest BCUT2D eigenvalue weighted by Gasteiger charge is -2.13. The average Bonchev–Trinajstić information content (AvgIpc) is 2.98. The first-order chi connectivity index (χ1) is 12.3. The molecule has 0 radical (unpaired) electrons. The van der Waals surface area contributed by atoms with Crippen LogP contribution < -0.4 is 14.8 Å². The van der Waals surface area contributed by atoms with Crippen molar-refractivity contribution in [3.63, 3.8) is 0 Å². The molecule has 1 N–H and O–H groups in total. The van der Waals surface area contributed by atoms with Gasteiger partial charge in [-0.05, 0) is 12.1 Å². The second-order valence-electron chi connectivity index (χ2n) is 5.22. The molecule has 0 saturated heterocycles. The van der Waals surface area contributed by atoms with E-state index in [0.717, 1.165) is 10.9 Å². The van der Waals surface area contributed by atoms with E-state index in [1.807, 2.05) is 0 Å². The van der Waals surface area contributed by atoms with Crippen LogP contribution in [0, 0.1) is 0 Å². The number of halogens is 3. The summed E-state index contributed by atoms with van der Waals surface area (Å²) in [4.78, 5) is 12.3. The van der Waals surface area contributed by atoms with Crippen molar-refractivity contribution in [1.29, 1.82) is 0 Å². The van der Waals surface area contributed by atoms with Gasteiger partial charge < -0.3 is 19.5 Å². The molecular weight excluding hydrogens is 355 g/mol. The highest BCUT2D eigenvalue weighted by Crippen LogP contribution is 2.32. The van der Waals surface area contributed by atoms with E-state index in [2.05, 4.69) is 10.4 Å². The normalized spacial score (nSPS) is 11.3. The Hall–Kier alpha value is -2.75. The summed E-state index contributed by atoms with van der Waals surface area (Å²) in [5.74, 6) is -0.195. The standard InChI is InChI=1S/C16H18F3N3O4/c1-22-9-11(14(21-22)16(17,18)19)15(23)20-10-4-5-12(25-3)13(8-10)26-7-6-24-2/h4-5,8-9H,6-7H2,1-3H3,(H,20,23). The molecule has 0 spiro atoms. The minimum Gasteiger partial charge on any atom is -0.493 e. The highest BCUT2D eigenvalue weighted by Gasteiger charge is 2.39. The molecule has 0 saturated carbocycles. The van der Waals surface area contributed by atoms with Gasteiger partial charge in [0.25, 0.3) is 5.91 Å². The molecule has 1 amide bonds. The van der Waals surface area contributed by atoms with Gasteiger partial charge in [0.05, 0.1) is 19.3 Å². The summed E-state index contributed by atoms with van der Waals surface area (Å²) in [7, 11) is 4.27. The lowest BCUT2D eigenvalue weighted by Crippen LogP contribution is -2.18. The maximum absolute atomic E-state index is 13.0. The highest BCUT2D eigenvalue weighted by molar-refractivity contribution is 6.05. The molecule has 7 nitrogen and oxygen atoms in total. The number of rotatable bonds is 7. The summed E-state index contributed by atoms with van der Waals surface area (Å²) in [6.45, 7) is 0.579. The number of hydrogen-bond acceptors (Lipinski definition) is 5. The van der Waals surface area contributed by atoms with Crippen molar-refractivity contribution in [2.24, 2.45) is 7.05 Å². The smallest absolute Gasteiger partial charge is 0.435 e. The van der Waals surface area contributed by atoms with Crippen LogP contribution in [0.1, 0.15) is 16.1 Å². The lowest BCUT2D eigenvalue weighted by molar-refractivity contribution is -0.141. The Morgan fingerprint density at radius 1 is 1.23 bits per heavy atom. The Balaban J connectivity index is 2.23. The first-order valence-electron chi connectivity index (χ1n) is 7.48. The molecule has 0 bridgehead atoms. The fraction of sp³-hybridized carbons (Fsp3) is 0.375. The van der Waals surface area contributed by atoms with Gasteiger partial charge in [0, 0.05) is 32.1 Å². The molecule has 0 atom stereocenters. The van der Waals surface area contributed by atoms with Crippen molar-refractivity contribution in [2.75, 3.05) is 32.8 Å².